The fourth-order valence-corrected chi connectivity index (χ4v) is 2.05. The SMILES string of the molecule is CCCOc1ccc(C(C)=NNc2ccccc2C(F)(F)F)cc1. The summed E-state index contributed by atoms with van der Waals surface area (Å²) in [7, 11) is 0. The van der Waals surface area contributed by atoms with E-state index in [9.17, 15) is 13.2 Å². The van der Waals surface area contributed by atoms with Crippen molar-refractivity contribution in [1.82, 2.24) is 0 Å². The number of alkyl halides is 3. The topological polar surface area (TPSA) is 33.6 Å². The molecule has 0 amide bonds. The first kappa shape index (κ1) is 17.8. The monoisotopic (exact) mass is 336 g/mol. The summed E-state index contributed by atoms with van der Waals surface area (Å²) >= 11 is 0. The minimum absolute atomic E-state index is 0.0766. The Balaban J connectivity index is 2.12. The molecule has 0 aliphatic rings. The summed E-state index contributed by atoms with van der Waals surface area (Å²) in [4.78, 5) is 0. The first-order chi connectivity index (χ1) is 11.4. The van der Waals surface area contributed by atoms with E-state index in [-0.39, 0.29) is 5.69 Å². The molecule has 0 unspecified atom stereocenters. The fraction of sp³-hybridized carbons (Fsp3) is 0.278. The van der Waals surface area contributed by atoms with Gasteiger partial charge in [0.25, 0.3) is 0 Å². The number of para-hydroxylation sites is 1. The Hall–Kier alpha value is -2.50. The highest BCUT2D eigenvalue weighted by Gasteiger charge is 2.33. The number of anilines is 1. The predicted octanol–water partition coefficient (Wildman–Crippen LogP) is 5.33. The standard InChI is InChI=1S/C18H19F3N2O/c1-3-12-24-15-10-8-14(9-11-15)13(2)22-23-17-7-5-4-6-16(17)18(19,20)21/h4-11,23H,3,12H2,1-2H3. The molecule has 0 aromatic heterocycles. The Morgan fingerprint density at radius 3 is 2.38 bits per heavy atom. The second-order valence-electron chi connectivity index (χ2n) is 5.23. The lowest BCUT2D eigenvalue weighted by Crippen LogP contribution is -2.09. The summed E-state index contributed by atoms with van der Waals surface area (Å²) in [5.41, 5.74) is 3.06. The van der Waals surface area contributed by atoms with Crippen LogP contribution in [-0.2, 0) is 6.18 Å². The zero-order valence-electron chi connectivity index (χ0n) is 13.5. The van der Waals surface area contributed by atoms with Gasteiger partial charge in [0, 0.05) is 0 Å². The number of rotatable bonds is 6. The van der Waals surface area contributed by atoms with Gasteiger partial charge < -0.3 is 4.74 Å². The number of ether oxygens (including phenoxy) is 1. The Bertz CT molecular complexity index is 694. The van der Waals surface area contributed by atoms with E-state index in [0.717, 1.165) is 23.8 Å². The maximum absolute atomic E-state index is 12.9. The molecule has 0 bridgehead atoms. The lowest BCUT2D eigenvalue weighted by Gasteiger charge is -2.12. The largest absolute Gasteiger partial charge is 0.494 e. The normalized spacial score (nSPS) is 12.1. The van der Waals surface area contributed by atoms with Crippen LogP contribution in [0.4, 0.5) is 18.9 Å². The Morgan fingerprint density at radius 1 is 1.08 bits per heavy atom. The van der Waals surface area contributed by atoms with Gasteiger partial charge in [-0.2, -0.15) is 18.3 Å². The summed E-state index contributed by atoms with van der Waals surface area (Å²) in [5, 5.41) is 4.06. The van der Waals surface area contributed by atoms with Crippen LogP contribution in [0.3, 0.4) is 0 Å². The van der Waals surface area contributed by atoms with Crippen LogP contribution in [0.5, 0.6) is 5.75 Å². The van der Waals surface area contributed by atoms with Crippen LogP contribution in [0, 0.1) is 0 Å². The van der Waals surface area contributed by atoms with Gasteiger partial charge >= 0.3 is 6.18 Å². The molecule has 0 heterocycles. The van der Waals surface area contributed by atoms with Gasteiger partial charge in [0.1, 0.15) is 5.75 Å². The van der Waals surface area contributed by atoms with E-state index in [1.165, 1.54) is 18.2 Å². The van der Waals surface area contributed by atoms with Crippen LogP contribution in [0.15, 0.2) is 53.6 Å². The number of nitrogens with zero attached hydrogens (tertiary/aromatic N) is 1. The Kier molecular flexibility index (Phi) is 5.84. The molecule has 3 nitrogen and oxygen atoms in total. The molecular formula is C18H19F3N2O. The highest BCUT2D eigenvalue weighted by Crippen LogP contribution is 2.34. The zero-order valence-corrected chi connectivity index (χ0v) is 13.5. The molecule has 128 valence electrons. The number of halogens is 3. The minimum atomic E-state index is -4.43. The Labute approximate surface area is 139 Å². The predicted molar refractivity (Wildman–Crippen MR) is 89.5 cm³/mol. The maximum Gasteiger partial charge on any atom is 0.418 e. The van der Waals surface area contributed by atoms with E-state index in [2.05, 4.69) is 10.5 Å². The molecule has 2 aromatic rings. The minimum Gasteiger partial charge on any atom is -0.494 e. The average molecular weight is 336 g/mol. The number of hydrogen-bond donors (Lipinski definition) is 1. The van der Waals surface area contributed by atoms with Crippen LogP contribution in [0.25, 0.3) is 0 Å². The number of hydrazone groups is 1. The van der Waals surface area contributed by atoms with Gasteiger partial charge in [-0.3, -0.25) is 5.43 Å². The number of nitrogens with one attached hydrogen (secondary N) is 1. The van der Waals surface area contributed by atoms with Crippen LogP contribution in [0.2, 0.25) is 0 Å². The molecule has 0 aliphatic carbocycles. The van der Waals surface area contributed by atoms with E-state index < -0.39 is 11.7 Å². The lowest BCUT2D eigenvalue weighted by molar-refractivity contribution is -0.136. The van der Waals surface area contributed by atoms with Crippen LogP contribution >= 0.6 is 0 Å². The van der Waals surface area contributed by atoms with Gasteiger partial charge in [-0.25, -0.2) is 0 Å². The molecule has 6 heteroatoms. The molecule has 0 atom stereocenters. The summed E-state index contributed by atoms with van der Waals surface area (Å²) in [6.45, 7) is 4.39. The van der Waals surface area contributed by atoms with Gasteiger partial charge in [0.05, 0.1) is 23.6 Å². The molecule has 0 saturated heterocycles. The quantitative estimate of drug-likeness (QED) is 0.571. The van der Waals surface area contributed by atoms with Crippen molar-refractivity contribution in [2.45, 2.75) is 26.4 Å². The van der Waals surface area contributed by atoms with E-state index in [4.69, 9.17) is 4.74 Å². The second-order valence-corrected chi connectivity index (χ2v) is 5.23. The second kappa shape index (κ2) is 7.86. The van der Waals surface area contributed by atoms with E-state index in [0.29, 0.717) is 12.3 Å². The average Bonchev–Trinajstić information content (AvgIpc) is 2.57. The van der Waals surface area contributed by atoms with Crippen LogP contribution in [0.1, 0.15) is 31.4 Å². The molecule has 0 radical (unpaired) electrons. The summed E-state index contributed by atoms with van der Waals surface area (Å²) < 4.78 is 44.3. The third-order valence-corrected chi connectivity index (χ3v) is 3.32. The van der Waals surface area contributed by atoms with Crippen molar-refractivity contribution >= 4 is 11.4 Å². The smallest absolute Gasteiger partial charge is 0.418 e. The molecular weight excluding hydrogens is 317 g/mol. The van der Waals surface area contributed by atoms with Gasteiger partial charge in [-0.05, 0) is 55.3 Å². The third kappa shape index (κ3) is 4.75. The van der Waals surface area contributed by atoms with Crippen molar-refractivity contribution in [1.29, 1.82) is 0 Å². The molecule has 24 heavy (non-hydrogen) atoms. The van der Waals surface area contributed by atoms with Gasteiger partial charge in [-0.15, -0.1) is 0 Å². The van der Waals surface area contributed by atoms with Gasteiger partial charge in [0.2, 0.25) is 0 Å². The van der Waals surface area contributed by atoms with E-state index in [1.54, 1.807) is 6.92 Å². The number of benzene rings is 2. The van der Waals surface area contributed by atoms with E-state index >= 15 is 0 Å². The lowest BCUT2D eigenvalue weighted by atomic mass is 10.1. The molecule has 0 spiro atoms. The molecule has 0 saturated carbocycles. The summed E-state index contributed by atoms with van der Waals surface area (Å²) in [6, 6.07) is 12.5. The highest BCUT2D eigenvalue weighted by atomic mass is 19.4. The molecule has 0 fully saturated rings. The fourth-order valence-electron chi connectivity index (χ4n) is 2.05. The van der Waals surface area contributed by atoms with Crippen LogP contribution in [-0.4, -0.2) is 12.3 Å². The third-order valence-electron chi connectivity index (χ3n) is 3.32. The van der Waals surface area contributed by atoms with Crippen LogP contribution < -0.4 is 10.2 Å². The first-order valence-corrected chi connectivity index (χ1v) is 7.61. The summed E-state index contributed by atoms with van der Waals surface area (Å²) in [5.74, 6) is 0.753. The highest BCUT2D eigenvalue weighted by molar-refractivity contribution is 5.99. The molecule has 2 rings (SSSR count). The van der Waals surface area contributed by atoms with Crippen molar-refractivity contribution in [2.24, 2.45) is 5.10 Å². The first-order valence-electron chi connectivity index (χ1n) is 7.61. The van der Waals surface area contributed by atoms with Crippen molar-refractivity contribution in [3.8, 4) is 5.75 Å². The molecule has 0 aliphatic heterocycles. The van der Waals surface area contributed by atoms with Crippen molar-refractivity contribution < 1.29 is 17.9 Å². The molecule has 2 aromatic carbocycles. The van der Waals surface area contributed by atoms with Crippen molar-refractivity contribution in [2.75, 3.05) is 12.0 Å². The van der Waals surface area contributed by atoms with Gasteiger partial charge in [0.15, 0.2) is 0 Å². The van der Waals surface area contributed by atoms with Crippen molar-refractivity contribution in [3.05, 3.63) is 59.7 Å². The number of hydrogen-bond acceptors (Lipinski definition) is 3. The Morgan fingerprint density at radius 2 is 1.75 bits per heavy atom. The zero-order chi connectivity index (χ0) is 17.6. The maximum atomic E-state index is 12.9. The summed E-state index contributed by atoms with van der Waals surface area (Å²) in [6.07, 6.45) is -3.50. The van der Waals surface area contributed by atoms with Gasteiger partial charge in [-0.1, -0.05) is 19.1 Å². The van der Waals surface area contributed by atoms with Crippen molar-refractivity contribution in [3.63, 3.8) is 0 Å². The van der Waals surface area contributed by atoms with E-state index in [1.807, 2.05) is 31.2 Å². The molecule has 1 N–H and O–H groups in total.